The molecule has 0 aromatic carbocycles. The third kappa shape index (κ3) is 4.46. The molecule has 0 aromatic heterocycles. The SMILES string of the molecule is C=C1C=C(CCCCCCCC)C(=O)C1. The maximum atomic E-state index is 11.4. The first-order valence-corrected chi connectivity index (χ1v) is 6.15. The fourth-order valence-corrected chi connectivity index (χ4v) is 2.01. The zero-order chi connectivity index (χ0) is 11.1. The van der Waals surface area contributed by atoms with Crippen LogP contribution in [0.15, 0.2) is 23.8 Å². The first-order chi connectivity index (χ1) is 7.24. The van der Waals surface area contributed by atoms with Crippen LogP contribution in [0.25, 0.3) is 0 Å². The van der Waals surface area contributed by atoms with Crippen LogP contribution in [0.4, 0.5) is 0 Å². The van der Waals surface area contributed by atoms with Crippen molar-refractivity contribution in [2.24, 2.45) is 0 Å². The van der Waals surface area contributed by atoms with E-state index in [0.29, 0.717) is 12.2 Å². The zero-order valence-corrected chi connectivity index (χ0v) is 9.85. The van der Waals surface area contributed by atoms with Gasteiger partial charge in [-0.05, 0) is 24.0 Å². The summed E-state index contributed by atoms with van der Waals surface area (Å²) in [5.74, 6) is 0.300. The van der Waals surface area contributed by atoms with Gasteiger partial charge in [0.25, 0.3) is 0 Å². The van der Waals surface area contributed by atoms with E-state index in [1.165, 1.54) is 32.1 Å². The molecule has 0 saturated heterocycles. The lowest BCUT2D eigenvalue weighted by Crippen LogP contribution is -1.95. The van der Waals surface area contributed by atoms with Crippen LogP contribution < -0.4 is 0 Å². The first-order valence-electron chi connectivity index (χ1n) is 6.15. The van der Waals surface area contributed by atoms with E-state index >= 15 is 0 Å². The number of carbonyl (C=O) groups is 1. The standard InChI is InChI=1S/C14H22O/c1-3-4-5-6-7-8-9-13-10-12(2)11-14(13)15/h10H,2-9,11H2,1H3. The highest BCUT2D eigenvalue weighted by atomic mass is 16.1. The van der Waals surface area contributed by atoms with Crippen LogP contribution >= 0.6 is 0 Å². The molecule has 0 heterocycles. The van der Waals surface area contributed by atoms with E-state index in [-0.39, 0.29) is 0 Å². The average Bonchev–Trinajstić information content (AvgIpc) is 2.51. The summed E-state index contributed by atoms with van der Waals surface area (Å²) in [6.45, 7) is 6.06. The summed E-state index contributed by atoms with van der Waals surface area (Å²) in [4.78, 5) is 11.4. The van der Waals surface area contributed by atoms with Gasteiger partial charge in [0.1, 0.15) is 0 Å². The lowest BCUT2D eigenvalue weighted by atomic mass is 10.0. The molecule has 1 nitrogen and oxygen atoms in total. The Bertz CT molecular complexity index is 261. The van der Waals surface area contributed by atoms with E-state index in [9.17, 15) is 4.79 Å². The second-order valence-electron chi connectivity index (χ2n) is 4.45. The van der Waals surface area contributed by atoms with Gasteiger partial charge < -0.3 is 0 Å². The van der Waals surface area contributed by atoms with Crippen LogP contribution in [0.1, 0.15) is 58.3 Å². The van der Waals surface area contributed by atoms with Gasteiger partial charge >= 0.3 is 0 Å². The Morgan fingerprint density at radius 2 is 1.87 bits per heavy atom. The Morgan fingerprint density at radius 1 is 1.20 bits per heavy atom. The van der Waals surface area contributed by atoms with Gasteiger partial charge in [-0.2, -0.15) is 0 Å². The van der Waals surface area contributed by atoms with Gasteiger partial charge in [0.15, 0.2) is 5.78 Å². The van der Waals surface area contributed by atoms with Crippen molar-refractivity contribution in [2.45, 2.75) is 58.3 Å². The van der Waals surface area contributed by atoms with Crippen LogP contribution in [-0.2, 0) is 4.79 Å². The molecule has 1 rings (SSSR count). The quantitative estimate of drug-likeness (QED) is 0.571. The molecule has 0 fully saturated rings. The van der Waals surface area contributed by atoms with Crippen molar-refractivity contribution in [2.75, 3.05) is 0 Å². The molecule has 0 atom stereocenters. The predicted octanol–water partition coefficient (Wildman–Crippen LogP) is 4.19. The molecular weight excluding hydrogens is 184 g/mol. The molecule has 0 saturated carbocycles. The fraction of sp³-hybridized carbons (Fsp3) is 0.643. The van der Waals surface area contributed by atoms with Crippen LogP contribution in [-0.4, -0.2) is 5.78 Å². The van der Waals surface area contributed by atoms with Gasteiger partial charge in [0, 0.05) is 6.42 Å². The number of hydrogen-bond acceptors (Lipinski definition) is 1. The fourth-order valence-electron chi connectivity index (χ4n) is 2.01. The number of ketones is 1. The minimum atomic E-state index is 0.300. The third-order valence-corrected chi connectivity index (χ3v) is 2.92. The number of rotatable bonds is 7. The van der Waals surface area contributed by atoms with Crippen LogP contribution in [0, 0.1) is 0 Å². The lowest BCUT2D eigenvalue weighted by molar-refractivity contribution is -0.114. The maximum absolute atomic E-state index is 11.4. The molecule has 0 aromatic rings. The van der Waals surface area contributed by atoms with Crippen molar-refractivity contribution in [3.63, 3.8) is 0 Å². The third-order valence-electron chi connectivity index (χ3n) is 2.92. The number of unbranched alkanes of at least 4 members (excludes halogenated alkanes) is 5. The van der Waals surface area contributed by atoms with Crippen molar-refractivity contribution in [1.29, 1.82) is 0 Å². The van der Waals surface area contributed by atoms with Crippen molar-refractivity contribution >= 4 is 5.78 Å². The molecule has 1 heteroatoms. The minimum absolute atomic E-state index is 0.300. The van der Waals surface area contributed by atoms with Crippen molar-refractivity contribution in [3.05, 3.63) is 23.8 Å². The maximum Gasteiger partial charge on any atom is 0.163 e. The second-order valence-corrected chi connectivity index (χ2v) is 4.45. The summed E-state index contributed by atoms with van der Waals surface area (Å²) >= 11 is 0. The second kappa shape index (κ2) is 6.60. The largest absolute Gasteiger partial charge is 0.294 e. The molecule has 1 aliphatic rings. The van der Waals surface area contributed by atoms with Crippen LogP contribution in [0.3, 0.4) is 0 Å². The number of hydrogen-bond donors (Lipinski definition) is 0. The molecular formula is C14H22O. The van der Waals surface area contributed by atoms with E-state index in [2.05, 4.69) is 13.5 Å². The van der Waals surface area contributed by atoms with Crippen molar-refractivity contribution < 1.29 is 4.79 Å². The Morgan fingerprint density at radius 3 is 2.47 bits per heavy atom. The van der Waals surface area contributed by atoms with Gasteiger partial charge in [-0.3, -0.25) is 4.79 Å². The van der Waals surface area contributed by atoms with Gasteiger partial charge in [-0.25, -0.2) is 0 Å². The highest BCUT2D eigenvalue weighted by Gasteiger charge is 2.16. The molecule has 0 unspecified atom stereocenters. The molecule has 0 amide bonds. The minimum Gasteiger partial charge on any atom is -0.294 e. The topological polar surface area (TPSA) is 17.1 Å². The summed E-state index contributed by atoms with van der Waals surface area (Å²) in [5.41, 5.74) is 2.00. The molecule has 15 heavy (non-hydrogen) atoms. The first kappa shape index (κ1) is 12.2. The summed E-state index contributed by atoms with van der Waals surface area (Å²) in [7, 11) is 0. The summed E-state index contributed by atoms with van der Waals surface area (Å²) < 4.78 is 0. The molecule has 0 bridgehead atoms. The molecule has 0 aliphatic heterocycles. The van der Waals surface area contributed by atoms with Gasteiger partial charge in [-0.15, -0.1) is 0 Å². The van der Waals surface area contributed by atoms with Gasteiger partial charge in [0.05, 0.1) is 0 Å². The predicted molar refractivity (Wildman–Crippen MR) is 64.8 cm³/mol. The molecule has 0 radical (unpaired) electrons. The van der Waals surface area contributed by atoms with E-state index in [4.69, 9.17) is 0 Å². The molecule has 0 spiro atoms. The Kier molecular flexibility index (Phi) is 5.38. The van der Waals surface area contributed by atoms with E-state index < -0.39 is 0 Å². The average molecular weight is 206 g/mol. The smallest absolute Gasteiger partial charge is 0.163 e. The van der Waals surface area contributed by atoms with Crippen molar-refractivity contribution in [1.82, 2.24) is 0 Å². The summed E-state index contributed by atoms with van der Waals surface area (Å²) in [5, 5.41) is 0. The van der Waals surface area contributed by atoms with E-state index in [0.717, 1.165) is 24.0 Å². The van der Waals surface area contributed by atoms with Gasteiger partial charge in [0.2, 0.25) is 0 Å². The molecule has 84 valence electrons. The highest BCUT2D eigenvalue weighted by Crippen LogP contribution is 2.23. The van der Waals surface area contributed by atoms with Gasteiger partial charge in [-0.1, -0.05) is 51.7 Å². The summed E-state index contributed by atoms with van der Waals surface area (Å²) in [6.07, 6.45) is 11.2. The number of allylic oxidation sites excluding steroid dienone is 3. The zero-order valence-electron chi connectivity index (χ0n) is 9.85. The van der Waals surface area contributed by atoms with E-state index in [1.54, 1.807) is 0 Å². The monoisotopic (exact) mass is 206 g/mol. The molecule has 0 N–H and O–H groups in total. The van der Waals surface area contributed by atoms with E-state index in [1.807, 2.05) is 6.08 Å². The Labute approximate surface area is 93.3 Å². The highest BCUT2D eigenvalue weighted by molar-refractivity contribution is 6.00. The van der Waals surface area contributed by atoms with Crippen LogP contribution in [0.2, 0.25) is 0 Å². The normalized spacial score (nSPS) is 15.9. The number of Topliss-reactive ketones (excluding diaryl/α,β-unsaturated/α-hetero) is 1. The summed E-state index contributed by atoms with van der Waals surface area (Å²) in [6, 6.07) is 0. The molecule has 1 aliphatic carbocycles. The van der Waals surface area contributed by atoms with Crippen LogP contribution in [0.5, 0.6) is 0 Å². The Hall–Kier alpha value is -0.850. The lowest BCUT2D eigenvalue weighted by Gasteiger charge is -2.01. The Balaban J connectivity index is 2.08. The van der Waals surface area contributed by atoms with Crippen molar-refractivity contribution in [3.8, 4) is 0 Å². The number of carbonyl (C=O) groups excluding carboxylic acids is 1.